The first-order valence-electron chi connectivity index (χ1n) is 8.39. The summed E-state index contributed by atoms with van der Waals surface area (Å²) in [5, 5.41) is 12.3. The average Bonchev–Trinajstić information content (AvgIpc) is 2.90. The zero-order valence-corrected chi connectivity index (χ0v) is 13.6. The topological polar surface area (TPSA) is 52.0 Å². The van der Waals surface area contributed by atoms with Gasteiger partial charge in [-0.1, -0.05) is 12.8 Å². The second kappa shape index (κ2) is 7.78. The van der Waals surface area contributed by atoms with E-state index in [9.17, 15) is 4.39 Å². The summed E-state index contributed by atoms with van der Waals surface area (Å²) in [6, 6.07) is 10.3. The van der Waals surface area contributed by atoms with E-state index in [0.29, 0.717) is 17.8 Å². The van der Waals surface area contributed by atoms with Gasteiger partial charge < -0.3 is 10.2 Å². The van der Waals surface area contributed by atoms with Crippen molar-refractivity contribution in [1.29, 1.82) is 5.26 Å². The zero-order chi connectivity index (χ0) is 16.8. The number of aromatic nitrogens is 1. The first-order valence-corrected chi connectivity index (χ1v) is 8.39. The van der Waals surface area contributed by atoms with Gasteiger partial charge in [-0.15, -0.1) is 0 Å². The first-order chi connectivity index (χ1) is 11.8. The molecule has 3 rings (SSSR count). The molecule has 2 aromatic rings. The molecule has 4 nitrogen and oxygen atoms in total. The van der Waals surface area contributed by atoms with Gasteiger partial charge in [0.05, 0.1) is 11.3 Å². The fraction of sp³-hybridized carbons (Fsp3) is 0.368. The molecule has 24 heavy (non-hydrogen) atoms. The second-order valence-corrected chi connectivity index (χ2v) is 6.08. The van der Waals surface area contributed by atoms with Crippen molar-refractivity contribution in [1.82, 2.24) is 4.98 Å². The standard InChI is InChI=1S/C19H21FN4/c20-17-5-6-18(16(12-17)13-21)23-14-15-7-8-22-19(11-15)24-9-3-1-2-4-10-24/h5-8,11-12,23H,1-4,9-10,14H2. The third-order valence-corrected chi connectivity index (χ3v) is 4.33. The predicted molar refractivity (Wildman–Crippen MR) is 93.4 cm³/mol. The normalized spacial score (nSPS) is 14.8. The van der Waals surface area contributed by atoms with Gasteiger partial charge in [0, 0.05) is 25.8 Å². The van der Waals surface area contributed by atoms with Crippen molar-refractivity contribution in [3.8, 4) is 6.07 Å². The van der Waals surface area contributed by atoms with Crippen LogP contribution in [0.25, 0.3) is 0 Å². The molecular weight excluding hydrogens is 303 g/mol. The smallest absolute Gasteiger partial charge is 0.128 e. The number of hydrogen-bond donors (Lipinski definition) is 1. The van der Waals surface area contributed by atoms with E-state index in [-0.39, 0.29) is 0 Å². The third-order valence-electron chi connectivity index (χ3n) is 4.33. The molecule has 5 heteroatoms. The van der Waals surface area contributed by atoms with Crippen LogP contribution >= 0.6 is 0 Å². The summed E-state index contributed by atoms with van der Waals surface area (Å²) < 4.78 is 13.2. The molecule has 0 unspecified atom stereocenters. The van der Waals surface area contributed by atoms with Crippen LogP contribution in [0.1, 0.15) is 36.8 Å². The van der Waals surface area contributed by atoms with E-state index in [4.69, 9.17) is 5.26 Å². The highest BCUT2D eigenvalue weighted by molar-refractivity contribution is 5.57. The van der Waals surface area contributed by atoms with E-state index >= 15 is 0 Å². The van der Waals surface area contributed by atoms with Crippen LogP contribution in [-0.2, 0) is 6.54 Å². The van der Waals surface area contributed by atoms with Gasteiger partial charge in [-0.3, -0.25) is 0 Å². The van der Waals surface area contributed by atoms with Crippen molar-refractivity contribution in [3.05, 3.63) is 53.5 Å². The maximum absolute atomic E-state index is 13.2. The highest BCUT2D eigenvalue weighted by Gasteiger charge is 2.11. The molecule has 0 bridgehead atoms. The van der Waals surface area contributed by atoms with Crippen molar-refractivity contribution in [2.24, 2.45) is 0 Å². The fourth-order valence-corrected chi connectivity index (χ4v) is 3.00. The summed E-state index contributed by atoms with van der Waals surface area (Å²) >= 11 is 0. The van der Waals surface area contributed by atoms with Crippen LogP contribution in [0.5, 0.6) is 0 Å². The Bertz CT molecular complexity index is 730. The van der Waals surface area contributed by atoms with Gasteiger partial charge in [0.1, 0.15) is 17.7 Å². The van der Waals surface area contributed by atoms with Gasteiger partial charge in [-0.2, -0.15) is 5.26 Å². The lowest BCUT2D eigenvalue weighted by Crippen LogP contribution is -2.25. The van der Waals surface area contributed by atoms with Crippen LogP contribution in [0.15, 0.2) is 36.5 Å². The van der Waals surface area contributed by atoms with Crippen LogP contribution in [-0.4, -0.2) is 18.1 Å². The van der Waals surface area contributed by atoms with Gasteiger partial charge >= 0.3 is 0 Å². The molecule has 1 fully saturated rings. The predicted octanol–water partition coefficient (Wildman–Crippen LogP) is 4.08. The molecule has 1 aliphatic heterocycles. The Labute approximate surface area is 141 Å². The van der Waals surface area contributed by atoms with Crippen LogP contribution < -0.4 is 10.2 Å². The summed E-state index contributed by atoms with van der Waals surface area (Å²) in [4.78, 5) is 6.84. The van der Waals surface area contributed by atoms with E-state index < -0.39 is 5.82 Å². The Morgan fingerprint density at radius 2 is 1.92 bits per heavy atom. The van der Waals surface area contributed by atoms with E-state index in [1.54, 1.807) is 6.07 Å². The summed E-state index contributed by atoms with van der Waals surface area (Å²) in [7, 11) is 0. The SMILES string of the molecule is N#Cc1cc(F)ccc1NCc1ccnc(N2CCCCCC2)c1. The van der Waals surface area contributed by atoms with Gasteiger partial charge in [-0.25, -0.2) is 9.37 Å². The van der Waals surface area contributed by atoms with Crippen LogP contribution in [0.2, 0.25) is 0 Å². The molecule has 2 heterocycles. The lowest BCUT2D eigenvalue weighted by Gasteiger charge is -2.22. The van der Waals surface area contributed by atoms with Gasteiger partial charge in [0.2, 0.25) is 0 Å². The van der Waals surface area contributed by atoms with Crippen molar-refractivity contribution >= 4 is 11.5 Å². The highest BCUT2D eigenvalue weighted by Crippen LogP contribution is 2.20. The maximum Gasteiger partial charge on any atom is 0.128 e. The van der Waals surface area contributed by atoms with Crippen LogP contribution in [0.4, 0.5) is 15.9 Å². The number of hydrogen-bond acceptors (Lipinski definition) is 4. The monoisotopic (exact) mass is 324 g/mol. The minimum Gasteiger partial charge on any atom is -0.380 e. The third kappa shape index (κ3) is 4.02. The average molecular weight is 324 g/mol. The molecule has 1 N–H and O–H groups in total. The Morgan fingerprint density at radius 3 is 2.67 bits per heavy atom. The van der Waals surface area contributed by atoms with Crippen LogP contribution in [0, 0.1) is 17.1 Å². The quantitative estimate of drug-likeness (QED) is 0.920. The first kappa shape index (κ1) is 16.3. The molecule has 0 radical (unpaired) electrons. The minimum absolute atomic E-state index is 0.316. The van der Waals surface area contributed by atoms with Crippen LogP contribution in [0.3, 0.4) is 0 Å². The molecule has 0 saturated carbocycles. The molecular formula is C19H21FN4. The number of nitriles is 1. The number of rotatable bonds is 4. The molecule has 0 spiro atoms. The summed E-state index contributed by atoms with van der Waals surface area (Å²) in [6.45, 7) is 2.69. The Kier molecular flexibility index (Phi) is 5.27. The maximum atomic E-state index is 13.2. The molecule has 1 saturated heterocycles. The second-order valence-electron chi connectivity index (χ2n) is 6.08. The summed E-state index contributed by atoms with van der Waals surface area (Å²) in [6.07, 6.45) is 6.84. The Morgan fingerprint density at radius 1 is 1.12 bits per heavy atom. The lowest BCUT2D eigenvalue weighted by atomic mass is 10.1. The summed E-state index contributed by atoms with van der Waals surface area (Å²) in [5.74, 6) is 0.611. The number of halogens is 1. The van der Waals surface area contributed by atoms with Gasteiger partial charge in [0.15, 0.2) is 0 Å². The molecule has 0 atom stereocenters. The molecule has 0 amide bonds. The van der Waals surface area contributed by atoms with Gasteiger partial charge in [0.25, 0.3) is 0 Å². The largest absolute Gasteiger partial charge is 0.380 e. The summed E-state index contributed by atoms with van der Waals surface area (Å²) in [5.41, 5.74) is 2.06. The number of anilines is 2. The zero-order valence-electron chi connectivity index (χ0n) is 13.6. The van der Waals surface area contributed by atoms with E-state index in [1.807, 2.05) is 18.3 Å². The molecule has 0 aliphatic carbocycles. The number of nitrogens with zero attached hydrogens (tertiary/aromatic N) is 3. The van der Waals surface area contributed by atoms with Gasteiger partial charge in [-0.05, 0) is 48.7 Å². The molecule has 1 aromatic heterocycles. The fourth-order valence-electron chi connectivity index (χ4n) is 3.00. The number of benzene rings is 1. The Balaban J connectivity index is 1.70. The van der Waals surface area contributed by atoms with E-state index in [1.165, 1.54) is 37.8 Å². The highest BCUT2D eigenvalue weighted by atomic mass is 19.1. The Hall–Kier alpha value is -2.61. The number of nitrogens with one attached hydrogen (secondary N) is 1. The molecule has 1 aliphatic rings. The lowest BCUT2D eigenvalue weighted by molar-refractivity contribution is 0.627. The van der Waals surface area contributed by atoms with Crippen molar-refractivity contribution < 1.29 is 4.39 Å². The van der Waals surface area contributed by atoms with E-state index in [2.05, 4.69) is 21.3 Å². The van der Waals surface area contributed by atoms with Crippen molar-refractivity contribution in [3.63, 3.8) is 0 Å². The van der Waals surface area contributed by atoms with Crippen molar-refractivity contribution in [2.75, 3.05) is 23.3 Å². The molecule has 1 aromatic carbocycles. The minimum atomic E-state index is -0.399. The van der Waals surface area contributed by atoms with E-state index in [0.717, 1.165) is 24.5 Å². The molecule has 124 valence electrons. The number of pyridine rings is 1. The van der Waals surface area contributed by atoms with Crippen molar-refractivity contribution in [2.45, 2.75) is 32.2 Å².